The Balaban J connectivity index is 2.05. The van der Waals surface area contributed by atoms with Crippen LogP contribution >= 0.6 is 34.8 Å². The molecule has 2 amide bonds. The molecule has 0 aliphatic rings. The van der Waals surface area contributed by atoms with Crippen molar-refractivity contribution in [3.8, 4) is 0 Å². The average molecular weight is 639 g/mol. The molecule has 3 aromatic rings. The van der Waals surface area contributed by atoms with Gasteiger partial charge in [-0.15, -0.1) is 0 Å². The van der Waals surface area contributed by atoms with Crippen molar-refractivity contribution in [3.63, 3.8) is 0 Å². The van der Waals surface area contributed by atoms with E-state index in [-0.39, 0.29) is 17.3 Å². The van der Waals surface area contributed by atoms with Crippen molar-refractivity contribution in [1.82, 2.24) is 10.2 Å². The zero-order valence-corrected chi connectivity index (χ0v) is 26.3. The number of amides is 2. The van der Waals surface area contributed by atoms with Crippen LogP contribution in [-0.2, 0) is 26.2 Å². The molecule has 3 rings (SSSR count). The predicted octanol–water partition coefficient (Wildman–Crippen LogP) is 6.87. The third-order valence-corrected chi connectivity index (χ3v) is 9.20. The van der Waals surface area contributed by atoms with Gasteiger partial charge in [0, 0.05) is 28.2 Å². The molecule has 0 unspecified atom stereocenters. The van der Waals surface area contributed by atoms with E-state index < -0.39 is 28.5 Å². The first-order valence-electron chi connectivity index (χ1n) is 13.3. The molecule has 0 bridgehead atoms. The van der Waals surface area contributed by atoms with Crippen molar-refractivity contribution in [3.05, 3.63) is 92.9 Å². The van der Waals surface area contributed by atoms with E-state index in [0.29, 0.717) is 39.3 Å². The molecule has 0 aliphatic heterocycles. The number of aryl methyl sites for hydroxylation is 1. The van der Waals surface area contributed by atoms with Gasteiger partial charge < -0.3 is 10.2 Å². The number of rotatable bonds is 13. The fraction of sp³-hybridized carbons (Fsp3) is 0.333. The molecule has 0 saturated carbocycles. The number of hydrogen-bond donors (Lipinski definition) is 1. The summed E-state index contributed by atoms with van der Waals surface area (Å²) in [6, 6.07) is 16.6. The van der Waals surface area contributed by atoms with Gasteiger partial charge in [0.15, 0.2) is 0 Å². The molecule has 11 heteroatoms. The summed E-state index contributed by atoms with van der Waals surface area (Å²) in [5, 5.41) is 4.05. The minimum absolute atomic E-state index is 0.0166. The molecule has 0 spiro atoms. The lowest BCUT2D eigenvalue weighted by atomic mass is 10.1. The number of nitrogens with zero attached hydrogens (tertiary/aromatic N) is 2. The summed E-state index contributed by atoms with van der Waals surface area (Å²) in [7, 11) is -4.19. The van der Waals surface area contributed by atoms with Gasteiger partial charge in [0.2, 0.25) is 11.8 Å². The highest BCUT2D eigenvalue weighted by atomic mass is 35.5. The van der Waals surface area contributed by atoms with Crippen molar-refractivity contribution in [2.24, 2.45) is 0 Å². The van der Waals surface area contributed by atoms with Gasteiger partial charge in [-0.05, 0) is 73.9 Å². The Hall–Kier alpha value is -2.78. The van der Waals surface area contributed by atoms with Gasteiger partial charge >= 0.3 is 0 Å². The van der Waals surface area contributed by atoms with Crippen LogP contribution in [0.5, 0.6) is 0 Å². The fourth-order valence-corrected chi connectivity index (χ4v) is 6.24. The normalized spacial score (nSPS) is 12.0. The van der Waals surface area contributed by atoms with E-state index in [0.717, 1.165) is 22.7 Å². The van der Waals surface area contributed by atoms with Gasteiger partial charge in [0.05, 0.1) is 10.6 Å². The Labute approximate surface area is 257 Å². The number of nitrogens with one attached hydrogen (secondary N) is 1. The van der Waals surface area contributed by atoms with Gasteiger partial charge in [0.25, 0.3) is 10.0 Å². The summed E-state index contributed by atoms with van der Waals surface area (Å²) in [6.45, 7) is 5.61. The molecule has 7 nitrogen and oxygen atoms in total. The Kier molecular flexibility index (Phi) is 11.9. The second-order valence-electron chi connectivity index (χ2n) is 9.63. The van der Waals surface area contributed by atoms with Gasteiger partial charge in [-0.25, -0.2) is 8.42 Å². The summed E-state index contributed by atoms with van der Waals surface area (Å²) in [6.07, 6.45) is 2.00. The van der Waals surface area contributed by atoms with Crippen LogP contribution in [-0.4, -0.2) is 44.3 Å². The predicted molar refractivity (Wildman–Crippen MR) is 166 cm³/mol. The summed E-state index contributed by atoms with van der Waals surface area (Å²) in [4.78, 5) is 28.7. The zero-order chi connectivity index (χ0) is 30.2. The monoisotopic (exact) mass is 637 g/mol. The molecule has 0 saturated heterocycles. The van der Waals surface area contributed by atoms with Gasteiger partial charge in [0.1, 0.15) is 12.6 Å². The molecule has 3 aromatic carbocycles. The van der Waals surface area contributed by atoms with Crippen LogP contribution in [0, 0.1) is 6.92 Å². The molecule has 220 valence electrons. The molecular weight excluding hydrogens is 605 g/mol. The van der Waals surface area contributed by atoms with E-state index in [1.165, 1.54) is 29.2 Å². The Morgan fingerprint density at radius 2 is 1.54 bits per heavy atom. The molecule has 1 atom stereocenters. The highest BCUT2D eigenvalue weighted by Gasteiger charge is 2.34. The van der Waals surface area contributed by atoms with Gasteiger partial charge in [-0.1, -0.05) is 78.8 Å². The van der Waals surface area contributed by atoms with Crippen LogP contribution in [0.4, 0.5) is 5.69 Å². The first-order chi connectivity index (χ1) is 19.5. The number of sulfonamides is 1. The van der Waals surface area contributed by atoms with E-state index in [4.69, 9.17) is 34.8 Å². The summed E-state index contributed by atoms with van der Waals surface area (Å²) in [5.74, 6) is -0.881. The van der Waals surface area contributed by atoms with Crippen LogP contribution in [0.15, 0.2) is 71.6 Å². The number of hydrogen-bond acceptors (Lipinski definition) is 4. The van der Waals surface area contributed by atoms with E-state index in [1.807, 2.05) is 13.8 Å². The quantitative estimate of drug-likeness (QED) is 0.207. The lowest BCUT2D eigenvalue weighted by Gasteiger charge is -2.33. The molecule has 0 fully saturated rings. The maximum atomic E-state index is 14.1. The maximum absolute atomic E-state index is 14.1. The van der Waals surface area contributed by atoms with E-state index in [9.17, 15) is 18.0 Å². The molecule has 0 radical (unpaired) electrons. The van der Waals surface area contributed by atoms with E-state index >= 15 is 0 Å². The maximum Gasteiger partial charge on any atom is 0.264 e. The fourth-order valence-electron chi connectivity index (χ4n) is 4.23. The zero-order valence-electron chi connectivity index (χ0n) is 23.2. The second-order valence-corrected chi connectivity index (χ2v) is 12.8. The number of unbranched alkanes of at least 4 members (excludes halogenated alkanes) is 1. The smallest absolute Gasteiger partial charge is 0.264 e. The van der Waals surface area contributed by atoms with Crippen molar-refractivity contribution in [1.29, 1.82) is 0 Å². The third-order valence-electron chi connectivity index (χ3n) is 6.57. The molecule has 0 aliphatic carbocycles. The van der Waals surface area contributed by atoms with Crippen molar-refractivity contribution >= 4 is 62.3 Å². The number of halogens is 3. The molecule has 41 heavy (non-hydrogen) atoms. The average Bonchev–Trinajstić information content (AvgIpc) is 2.93. The number of anilines is 1. The molecule has 0 aromatic heterocycles. The Morgan fingerprint density at radius 1 is 0.902 bits per heavy atom. The molecule has 0 heterocycles. The summed E-state index contributed by atoms with van der Waals surface area (Å²) < 4.78 is 28.8. The van der Waals surface area contributed by atoms with Crippen LogP contribution in [0.25, 0.3) is 0 Å². The highest BCUT2D eigenvalue weighted by molar-refractivity contribution is 7.92. The van der Waals surface area contributed by atoms with Crippen LogP contribution in [0.2, 0.25) is 15.1 Å². The SMILES string of the molecule is CCCCNC(=O)[C@@H](CC)N(Cc1ccc(Cl)cc1Cl)C(=O)CN(c1ccc(C)cc1)S(=O)(=O)c1ccc(Cl)cc1. The molecular formula is C30H34Cl3N3O4S. The molecule has 1 N–H and O–H groups in total. The van der Waals surface area contributed by atoms with Crippen molar-refractivity contribution in [2.75, 3.05) is 17.4 Å². The van der Waals surface area contributed by atoms with Crippen molar-refractivity contribution in [2.45, 2.75) is 57.5 Å². The lowest BCUT2D eigenvalue weighted by Crippen LogP contribution is -2.52. The van der Waals surface area contributed by atoms with Gasteiger partial charge in [-0.3, -0.25) is 13.9 Å². The lowest BCUT2D eigenvalue weighted by molar-refractivity contribution is -0.140. The first kappa shape index (κ1) is 32.7. The Morgan fingerprint density at radius 3 is 2.12 bits per heavy atom. The van der Waals surface area contributed by atoms with Crippen molar-refractivity contribution < 1.29 is 18.0 Å². The summed E-state index contributed by atoms with van der Waals surface area (Å²) in [5.41, 5.74) is 1.81. The summed E-state index contributed by atoms with van der Waals surface area (Å²) >= 11 is 18.5. The van der Waals surface area contributed by atoms with E-state index in [1.54, 1.807) is 49.4 Å². The van der Waals surface area contributed by atoms with Crippen LogP contribution < -0.4 is 9.62 Å². The minimum atomic E-state index is -4.19. The standard InChI is InChI=1S/C30H34Cl3N3O4S/c1-4-6-17-34-30(38)28(5-2)35(19-22-9-10-24(32)18-27(22)33)29(37)20-36(25-13-7-21(3)8-14-25)41(39,40)26-15-11-23(31)12-16-26/h7-16,18,28H,4-6,17,19-20H2,1-3H3,(H,34,38)/t28-/m1/s1. The number of carbonyl (C=O) groups is 2. The number of benzene rings is 3. The van der Waals surface area contributed by atoms with E-state index in [2.05, 4.69) is 5.32 Å². The van der Waals surface area contributed by atoms with Crippen LogP contribution in [0.3, 0.4) is 0 Å². The second kappa shape index (κ2) is 14.9. The Bertz CT molecular complexity index is 1450. The highest BCUT2D eigenvalue weighted by Crippen LogP contribution is 2.27. The first-order valence-corrected chi connectivity index (χ1v) is 15.9. The van der Waals surface area contributed by atoms with Crippen LogP contribution in [0.1, 0.15) is 44.2 Å². The third kappa shape index (κ3) is 8.61. The topological polar surface area (TPSA) is 86.8 Å². The van der Waals surface area contributed by atoms with Gasteiger partial charge in [-0.2, -0.15) is 0 Å². The number of carbonyl (C=O) groups excluding carboxylic acids is 2. The minimum Gasteiger partial charge on any atom is -0.354 e. The largest absolute Gasteiger partial charge is 0.354 e.